The largest absolute Gasteiger partial charge is 0.390 e. The fourth-order valence-corrected chi connectivity index (χ4v) is 1.45. The molecule has 0 spiro atoms. The fraction of sp³-hybridized carbons (Fsp3) is 1.00. The van der Waals surface area contributed by atoms with Crippen LogP contribution in [0.15, 0.2) is 0 Å². The average molecular weight is 234 g/mol. The second kappa shape index (κ2) is 7.22. The predicted molar refractivity (Wildman–Crippen MR) is 63.1 cm³/mol. The highest BCUT2D eigenvalue weighted by molar-refractivity contribution is 4.69. The van der Waals surface area contributed by atoms with Gasteiger partial charge >= 0.3 is 0 Å². The molecule has 0 heterocycles. The van der Waals surface area contributed by atoms with Gasteiger partial charge in [0.1, 0.15) is 6.10 Å². The third-order valence-corrected chi connectivity index (χ3v) is 2.41. The Morgan fingerprint density at radius 2 is 1.25 bits per heavy atom. The van der Waals surface area contributed by atoms with E-state index in [1.165, 1.54) is 0 Å². The molecule has 0 radical (unpaired) electrons. The van der Waals surface area contributed by atoms with Gasteiger partial charge in [-0.25, -0.2) is 0 Å². The van der Waals surface area contributed by atoms with Crippen LogP contribution in [0.4, 0.5) is 0 Å². The number of aliphatic hydroxyl groups is 2. The summed E-state index contributed by atoms with van der Waals surface area (Å²) in [6, 6.07) is 0. The van der Waals surface area contributed by atoms with E-state index in [1.54, 1.807) is 13.8 Å². The van der Waals surface area contributed by atoms with E-state index in [1.807, 2.05) is 27.7 Å². The number of hydrogen-bond donors (Lipinski definition) is 2. The fourth-order valence-electron chi connectivity index (χ4n) is 1.45. The minimum atomic E-state index is -1.01. The second-order valence-electron chi connectivity index (χ2n) is 4.86. The van der Waals surface area contributed by atoms with Crippen molar-refractivity contribution in [3.63, 3.8) is 0 Å². The highest BCUT2D eigenvalue weighted by Crippen LogP contribution is 2.13. The van der Waals surface area contributed by atoms with Crippen molar-refractivity contribution in [1.29, 1.82) is 0 Å². The molecule has 98 valence electrons. The van der Waals surface area contributed by atoms with Crippen LogP contribution in [-0.2, 0) is 9.47 Å². The molecular formula is C12H26O4. The van der Waals surface area contributed by atoms with Crippen molar-refractivity contribution >= 4 is 0 Å². The molecule has 0 saturated carbocycles. The highest BCUT2D eigenvalue weighted by atomic mass is 16.6. The van der Waals surface area contributed by atoms with E-state index in [0.29, 0.717) is 0 Å². The number of ether oxygens (including phenoxy) is 2. The van der Waals surface area contributed by atoms with Gasteiger partial charge in [0, 0.05) is 0 Å². The van der Waals surface area contributed by atoms with Gasteiger partial charge in [-0.2, -0.15) is 0 Å². The van der Waals surface area contributed by atoms with E-state index in [0.717, 1.165) is 0 Å². The minimum absolute atomic E-state index is 0.0404. The van der Waals surface area contributed by atoms with E-state index >= 15 is 0 Å². The summed E-state index contributed by atoms with van der Waals surface area (Å²) in [6.45, 7) is 11.1. The zero-order valence-corrected chi connectivity index (χ0v) is 11.2. The first-order valence-corrected chi connectivity index (χ1v) is 5.92. The summed E-state index contributed by atoms with van der Waals surface area (Å²) in [5, 5.41) is 19.4. The summed E-state index contributed by atoms with van der Waals surface area (Å²) in [7, 11) is 0. The van der Waals surface area contributed by atoms with Crippen LogP contribution in [0.25, 0.3) is 0 Å². The minimum Gasteiger partial charge on any atom is -0.390 e. The summed E-state index contributed by atoms with van der Waals surface area (Å²) in [4.78, 5) is 0. The second-order valence-corrected chi connectivity index (χ2v) is 4.86. The lowest BCUT2D eigenvalue weighted by atomic mass is 10.0. The van der Waals surface area contributed by atoms with Crippen molar-refractivity contribution in [2.45, 2.75) is 72.2 Å². The van der Waals surface area contributed by atoms with Crippen LogP contribution >= 0.6 is 0 Å². The molecule has 3 unspecified atom stereocenters. The number of rotatable bonds is 7. The monoisotopic (exact) mass is 234 g/mol. The Bertz CT molecular complexity index is 182. The molecule has 0 bridgehead atoms. The van der Waals surface area contributed by atoms with Gasteiger partial charge in [0.15, 0.2) is 6.29 Å². The Morgan fingerprint density at radius 1 is 0.750 bits per heavy atom. The van der Waals surface area contributed by atoms with Crippen molar-refractivity contribution < 1.29 is 19.7 Å². The van der Waals surface area contributed by atoms with Crippen LogP contribution in [0.1, 0.15) is 41.5 Å². The molecule has 0 aliphatic carbocycles. The SMILES string of the molecule is CC(C)O[C@@H](C)C(O)OC(C)C(O)C(C)C. The summed E-state index contributed by atoms with van der Waals surface area (Å²) in [5.74, 6) is 0.100. The smallest absolute Gasteiger partial charge is 0.181 e. The Hall–Kier alpha value is -0.160. The maximum atomic E-state index is 9.73. The van der Waals surface area contributed by atoms with Gasteiger partial charge in [-0.3, -0.25) is 0 Å². The Morgan fingerprint density at radius 3 is 1.62 bits per heavy atom. The Labute approximate surface area is 98.6 Å². The summed E-state index contributed by atoms with van der Waals surface area (Å²) < 4.78 is 10.7. The van der Waals surface area contributed by atoms with Gasteiger partial charge in [-0.15, -0.1) is 0 Å². The van der Waals surface area contributed by atoms with E-state index in [2.05, 4.69) is 0 Å². The Kier molecular flexibility index (Phi) is 7.15. The molecule has 0 saturated heterocycles. The topological polar surface area (TPSA) is 58.9 Å². The first kappa shape index (κ1) is 15.8. The van der Waals surface area contributed by atoms with Crippen molar-refractivity contribution in [2.24, 2.45) is 5.92 Å². The predicted octanol–water partition coefficient (Wildman–Crippen LogP) is 1.54. The molecule has 0 aliphatic heterocycles. The highest BCUT2D eigenvalue weighted by Gasteiger charge is 2.24. The average Bonchev–Trinajstić information content (AvgIpc) is 2.14. The number of hydrogen-bond acceptors (Lipinski definition) is 4. The molecular weight excluding hydrogens is 208 g/mol. The summed E-state index contributed by atoms with van der Waals surface area (Å²) >= 11 is 0. The van der Waals surface area contributed by atoms with Crippen LogP contribution in [-0.4, -0.2) is 40.9 Å². The zero-order valence-electron chi connectivity index (χ0n) is 11.2. The van der Waals surface area contributed by atoms with E-state index in [4.69, 9.17) is 9.47 Å². The summed E-state index contributed by atoms with van der Waals surface area (Å²) in [5.41, 5.74) is 0. The third kappa shape index (κ3) is 5.80. The third-order valence-electron chi connectivity index (χ3n) is 2.41. The molecule has 2 N–H and O–H groups in total. The van der Waals surface area contributed by atoms with Gasteiger partial charge < -0.3 is 19.7 Å². The Balaban J connectivity index is 4.07. The zero-order chi connectivity index (χ0) is 12.9. The normalized spacial score (nSPS) is 19.9. The first-order valence-electron chi connectivity index (χ1n) is 5.92. The molecule has 16 heavy (non-hydrogen) atoms. The van der Waals surface area contributed by atoms with Gasteiger partial charge in [-0.05, 0) is 33.6 Å². The quantitative estimate of drug-likeness (QED) is 0.656. The van der Waals surface area contributed by atoms with Gasteiger partial charge in [0.2, 0.25) is 0 Å². The van der Waals surface area contributed by atoms with Gasteiger partial charge in [0.05, 0.1) is 18.3 Å². The summed E-state index contributed by atoms with van der Waals surface area (Å²) in [6.07, 6.45) is -2.36. The molecule has 0 fully saturated rings. The molecule has 4 atom stereocenters. The van der Waals surface area contributed by atoms with E-state index < -0.39 is 24.6 Å². The van der Waals surface area contributed by atoms with Crippen LogP contribution in [0.3, 0.4) is 0 Å². The van der Waals surface area contributed by atoms with Crippen LogP contribution < -0.4 is 0 Å². The molecule has 0 aromatic carbocycles. The van der Waals surface area contributed by atoms with Crippen LogP contribution in [0.5, 0.6) is 0 Å². The molecule has 0 amide bonds. The van der Waals surface area contributed by atoms with Crippen molar-refractivity contribution in [3.05, 3.63) is 0 Å². The standard InChI is InChI=1S/C12H26O4/c1-7(2)11(13)9(5)16-12(14)10(6)15-8(3)4/h7-14H,1-6H3/t9?,10-,11?,12?/m0/s1. The van der Waals surface area contributed by atoms with E-state index in [9.17, 15) is 10.2 Å². The van der Waals surface area contributed by atoms with Crippen LogP contribution in [0.2, 0.25) is 0 Å². The molecule has 0 aliphatic rings. The van der Waals surface area contributed by atoms with E-state index in [-0.39, 0.29) is 12.0 Å². The lowest BCUT2D eigenvalue weighted by molar-refractivity contribution is -0.219. The maximum absolute atomic E-state index is 9.73. The van der Waals surface area contributed by atoms with Gasteiger partial charge in [-0.1, -0.05) is 13.8 Å². The van der Waals surface area contributed by atoms with Crippen molar-refractivity contribution in [1.82, 2.24) is 0 Å². The molecule has 0 rings (SSSR count). The number of aliphatic hydroxyl groups excluding tert-OH is 2. The molecule has 0 aromatic rings. The lowest BCUT2D eigenvalue weighted by Crippen LogP contribution is -2.39. The maximum Gasteiger partial charge on any atom is 0.181 e. The first-order chi connectivity index (χ1) is 7.25. The van der Waals surface area contributed by atoms with Gasteiger partial charge in [0.25, 0.3) is 0 Å². The molecule has 4 nitrogen and oxygen atoms in total. The molecule has 4 heteroatoms. The van der Waals surface area contributed by atoms with Crippen molar-refractivity contribution in [3.8, 4) is 0 Å². The molecule has 0 aromatic heterocycles. The lowest BCUT2D eigenvalue weighted by Gasteiger charge is -2.28. The van der Waals surface area contributed by atoms with Crippen LogP contribution in [0, 0.1) is 5.92 Å². The van der Waals surface area contributed by atoms with Crippen molar-refractivity contribution in [2.75, 3.05) is 0 Å².